The van der Waals surface area contributed by atoms with E-state index in [0.29, 0.717) is 40.1 Å². The average molecular weight is 538 g/mol. The zero-order chi connectivity index (χ0) is 26.7. The molecule has 2 aliphatic rings. The van der Waals surface area contributed by atoms with Crippen LogP contribution in [-0.4, -0.2) is 66.6 Å². The van der Waals surface area contributed by atoms with Gasteiger partial charge in [0.1, 0.15) is 12.4 Å². The normalized spacial score (nSPS) is 20.1. The average Bonchev–Trinajstić information content (AvgIpc) is 3.58. The number of aryl methyl sites for hydroxylation is 2. The van der Waals surface area contributed by atoms with Gasteiger partial charge in [0.05, 0.1) is 18.0 Å². The molecule has 0 bridgehead atoms. The summed E-state index contributed by atoms with van der Waals surface area (Å²) >= 11 is 0. The third-order valence-electron chi connectivity index (χ3n) is 7.41. The summed E-state index contributed by atoms with van der Waals surface area (Å²) < 4.78 is 40.4. The number of hydrogen-bond donors (Lipinski definition) is 0. The molecule has 1 aromatic carbocycles. The Labute approximate surface area is 224 Å². The second-order valence-electron chi connectivity index (χ2n) is 10.0. The summed E-state index contributed by atoms with van der Waals surface area (Å²) in [5, 5.41) is 0. The minimum absolute atomic E-state index is 0.237. The van der Waals surface area contributed by atoms with E-state index in [1.165, 1.54) is 0 Å². The first-order valence-electron chi connectivity index (χ1n) is 13.2. The first kappa shape index (κ1) is 26.4. The van der Waals surface area contributed by atoms with Gasteiger partial charge in [0, 0.05) is 49.7 Å². The van der Waals surface area contributed by atoms with E-state index in [1.54, 1.807) is 35.8 Å². The second-order valence-corrected chi connectivity index (χ2v) is 11.9. The number of sulfonamides is 1. The van der Waals surface area contributed by atoms with Crippen LogP contribution in [0.2, 0.25) is 0 Å². The smallest absolute Gasteiger partial charge is 0.243 e. The molecule has 202 valence electrons. The number of rotatable bonds is 9. The van der Waals surface area contributed by atoms with Crippen molar-refractivity contribution in [2.24, 2.45) is 0 Å². The molecule has 2 fully saturated rings. The van der Waals surface area contributed by atoms with Crippen LogP contribution in [0.15, 0.2) is 53.7 Å². The maximum absolute atomic E-state index is 13.7. The first-order valence-corrected chi connectivity index (χ1v) is 14.6. The van der Waals surface area contributed by atoms with E-state index in [1.807, 2.05) is 38.2 Å². The zero-order valence-corrected chi connectivity index (χ0v) is 23.0. The molecule has 2 atom stereocenters. The lowest BCUT2D eigenvalue weighted by atomic mass is 10.1. The fourth-order valence-electron chi connectivity index (χ4n) is 5.65. The Morgan fingerprint density at radius 1 is 0.974 bits per heavy atom. The van der Waals surface area contributed by atoms with Crippen LogP contribution in [0.25, 0.3) is 0 Å². The molecule has 0 aliphatic carbocycles. The van der Waals surface area contributed by atoms with Crippen LogP contribution in [0.1, 0.15) is 42.5 Å². The lowest BCUT2D eigenvalue weighted by Crippen LogP contribution is -2.39. The van der Waals surface area contributed by atoms with Crippen LogP contribution in [0.4, 0.5) is 5.95 Å². The SMILES string of the molecule is COc1cc(C)c(S(=O)(=O)N2CCC[C@H]2COc2ccnc(N3CCCC3Cc3ccccn3)n2)c(C)c1. The van der Waals surface area contributed by atoms with Crippen molar-refractivity contribution in [3.8, 4) is 11.6 Å². The maximum atomic E-state index is 13.7. The van der Waals surface area contributed by atoms with E-state index in [9.17, 15) is 8.42 Å². The fourth-order valence-corrected chi connectivity index (χ4v) is 7.74. The minimum Gasteiger partial charge on any atom is -0.497 e. The highest BCUT2D eigenvalue weighted by atomic mass is 32.2. The highest BCUT2D eigenvalue weighted by Crippen LogP contribution is 2.33. The van der Waals surface area contributed by atoms with Crippen LogP contribution in [-0.2, 0) is 16.4 Å². The van der Waals surface area contributed by atoms with Gasteiger partial charge in [-0.25, -0.2) is 13.4 Å². The zero-order valence-electron chi connectivity index (χ0n) is 22.2. The summed E-state index contributed by atoms with van der Waals surface area (Å²) in [4.78, 5) is 16.3. The van der Waals surface area contributed by atoms with Gasteiger partial charge in [-0.3, -0.25) is 4.98 Å². The van der Waals surface area contributed by atoms with Crippen molar-refractivity contribution in [2.75, 3.05) is 31.7 Å². The fraction of sp³-hybridized carbons (Fsp3) is 0.464. The number of methoxy groups -OCH3 is 1. The van der Waals surface area contributed by atoms with E-state index >= 15 is 0 Å². The molecule has 2 aliphatic heterocycles. The van der Waals surface area contributed by atoms with Gasteiger partial charge >= 0.3 is 0 Å². The van der Waals surface area contributed by atoms with Crippen molar-refractivity contribution in [3.05, 3.63) is 65.6 Å². The predicted octanol–water partition coefficient (Wildman–Crippen LogP) is 3.94. The van der Waals surface area contributed by atoms with Crippen LogP contribution in [0.3, 0.4) is 0 Å². The largest absolute Gasteiger partial charge is 0.497 e. The molecular weight excluding hydrogens is 502 g/mol. The van der Waals surface area contributed by atoms with Gasteiger partial charge in [-0.2, -0.15) is 9.29 Å². The summed E-state index contributed by atoms with van der Waals surface area (Å²) in [6.07, 6.45) is 8.04. The number of aromatic nitrogens is 3. The Balaban J connectivity index is 1.28. The quantitative estimate of drug-likeness (QED) is 0.405. The van der Waals surface area contributed by atoms with Crippen LogP contribution in [0.5, 0.6) is 11.6 Å². The van der Waals surface area contributed by atoms with Crippen molar-refractivity contribution < 1.29 is 17.9 Å². The molecule has 9 nitrogen and oxygen atoms in total. The second kappa shape index (κ2) is 11.2. The van der Waals surface area contributed by atoms with Gasteiger partial charge in [0.2, 0.25) is 21.9 Å². The van der Waals surface area contributed by atoms with Crippen molar-refractivity contribution in [3.63, 3.8) is 0 Å². The Hall–Kier alpha value is -3.24. The summed E-state index contributed by atoms with van der Waals surface area (Å²) in [5.74, 6) is 1.75. The standard InChI is InChI=1S/C28H35N5O4S/c1-20-16-25(36-3)17-21(2)27(20)38(34,35)33-15-7-10-24(33)19-37-26-11-13-30-28(31-26)32-14-6-9-23(32)18-22-8-4-5-12-29-22/h4-5,8,11-13,16-17,23-24H,6-7,9-10,14-15,18-19H2,1-3H3/t23?,24-/m0/s1. The van der Waals surface area contributed by atoms with Crippen molar-refractivity contribution in [1.82, 2.24) is 19.3 Å². The topological polar surface area (TPSA) is 97.8 Å². The van der Waals surface area contributed by atoms with Gasteiger partial charge in [-0.05, 0) is 74.9 Å². The summed E-state index contributed by atoms with van der Waals surface area (Å²) in [6.45, 7) is 5.22. The summed E-state index contributed by atoms with van der Waals surface area (Å²) in [7, 11) is -2.10. The van der Waals surface area contributed by atoms with Crippen LogP contribution < -0.4 is 14.4 Å². The summed E-state index contributed by atoms with van der Waals surface area (Å²) in [5.41, 5.74) is 2.42. The highest BCUT2D eigenvalue weighted by Gasteiger charge is 2.37. The van der Waals surface area contributed by atoms with Gasteiger partial charge in [-0.15, -0.1) is 0 Å². The molecule has 0 radical (unpaired) electrons. The molecule has 1 unspecified atom stereocenters. The third kappa shape index (κ3) is 5.47. The molecule has 0 N–H and O–H groups in total. The minimum atomic E-state index is -3.69. The van der Waals surface area contributed by atoms with Gasteiger partial charge in [-0.1, -0.05) is 6.07 Å². The van der Waals surface area contributed by atoms with E-state index in [0.717, 1.165) is 44.3 Å². The number of ether oxygens (including phenoxy) is 2. The molecule has 4 heterocycles. The third-order valence-corrected chi connectivity index (χ3v) is 9.66. The molecule has 38 heavy (non-hydrogen) atoms. The van der Waals surface area contributed by atoms with Crippen molar-refractivity contribution in [1.29, 1.82) is 0 Å². The first-order chi connectivity index (χ1) is 18.4. The molecule has 0 amide bonds. The predicted molar refractivity (Wildman–Crippen MR) is 145 cm³/mol. The molecule has 0 spiro atoms. The number of anilines is 1. The molecule has 5 rings (SSSR count). The maximum Gasteiger partial charge on any atom is 0.243 e. The van der Waals surface area contributed by atoms with Crippen LogP contribution in [0, 0.1) is 13.8 Å². The van der Waals surface area contributed by atoms with E-state index in [-0.39, 0.29) is 18.7 Å². The molecule has 2 saturated heterocycles. The number of hydrogen-bond acceptors (Lipinski definition) is 8. The Bertz CT molecular complexity index is 1350. The number of benzene rings is 1. The van der Waals surface area contributed by atoms with Gasteiger partial charge in [0.15, 0.2) is 0 Å². The van der Waals surface area contributed by atoms with E-state index in [2.05, 4.69) is 14.9 Å². The van der Waals surface area contributed by atoms with Gasteiger partial charge < -0.3 is 14.4 Å². The van der Waals surface area contributed by atoms with E-state index in [4.69, 9.17) is 14.5 Å². The number of pyridine rings is 1. The monoisotopic (exact) mass is 537 g/mol. The van der Waals surface area contributed by atoms with Crippen LogP contribution >= 0.6 is 0 Å². The molecule has 2 aromatic heterocycles. The Kier molecular flexibility index (Phi) is 7.80. The highest BCUT2D eigenvalue weighted by molar-refractivity contribution is 7.89. The molecule has 3 aromatic rings. The molecule has 10 heteroatoms. The molecule has 0 saturated carbocycles. The Morgan fingerprint density at radius 2 is 1.74 bits per heavy atom. The summed E-state index contributed by atoms with van der Waals surface area (Å²) in [6, 6.07) is 11.3. The number of nitrogens with zero attached hydrogens (tertiary/aromatic N) is 5. The Morgan fingerprint density at radius 3 is 2.47 bits per heavy atom. The van der Waals surface area contributed by atoms with Crippen molar-refractivity contribution >= 4 is 16.0 Å². The lowest BCUT2D eigenvalue weighted by molar-refractivity contribution is 0.225. The molecular formula is C28H35N5O4S. The van der Waals surface area contributed by atoms with Gasteiger partial charge in [0.25, 0.3) is 0 Å². The van der Waals surface area contributed by atoms with E-state index < -0.39 is 10.0 Å². The lowest BCUT2D eigenvalue weighted by Gasteiger charge is -2.26. The van der Waals surface area contributed by atoms with Crippen molar-refractivity contribution in [2.45, 2.75) is 62.9 Å².